The molecule has 2 aromatic carbocycles. The predicted octanol–water partition coefficient (Wildman–Crippen LogP) is 3.87. The van der Waals surface area contributed by atoms with E-state index in [9.17, 15) is 4.79 Å². The monoisotopic (exact) mass is 379 g/mol. The molecule has 0 bridgehead atoms. The van der Waals surface area contributed by atoms with E-state index in [1.807, 2.05) is 24.3 Å². The lowest BCUT2D eigenvalue weighted by atomic mass is 10.1. The second-order valence-electron chi connectivity index (χ2n) is 5.65. The Morgan fingerprint density at radius 1 is 1.14 bits per heavy atom. The molecule has 0 fully saturated rings. The minimum atomic E-state index is -1.31. The van der Waals surface area contributed by atoms with E-state index in [4.69, 9.17) is 24.6 Å². The fourth-order valence-electron chi connectivity index (χ4n) is 2.52. The molecule has 6 heteroatoms. The van der Waals surface area contributed by atoms with Crippen molar-refractivity contribution in [3.05, 3.63) is 71.8 Å². The van der Waals surface area contributed by atoms with Gasteiger partial charge < -0.3 is 19.3 Å². The lowest BCUT2D eigenvalue weighted by Crippen LogP contribution is -2.11. The Kier molecular flexibility index (Phi) is 7.67. The summed E-state index contributed by atoms with van der Waals surface area (Å²) in [6.45, 7) is 4.22. The lowest BCUT2D eigenvalue weighted by molar-refractivity contribution is -0.132. The summed E-state index contributed by atoms with van der Waals surface area (Å²) in [6.07, 6.45) is 3.76. The molecule has 0 saturated carbocycles. The van der Waals surface area contributed by atoms with Gasteiger partial charge in [0, 0.05) is 5.56 Å². The zero-order valence-corrected chi connectivity index (χ0v) is 15.6. The van der Waals surface area contributed by atoms with Crippen LogP contribution < -0.4 is 14.2 Å². The van der Waals surface area contributed by atoms with Gasteiger partial charge in [0.15, 0.2) is 11.5 Å². The Labute approximate surface area is 163 Å². The van der Waals surface area contributed by atoms with Gasteiger partial charge in [0.1, 0.15) is 30.6 Å². The molecular formula is C22H21NO5. The average molecular weight is 379 g/mol. The first-order valence-electron chi connectivity index (χ1n) is 8.57. The van der Waals surface area contributed by atoms with Crippen molar-refractivity contribution >= 4 is 12.0 Å². The largest absolute Gasteiger partial charge is 0.493 e. The smallest absolute Gasteiger partial charge is 0.346 e. The van der Waals surface area contributed by atoms with E-state index in [1.165, 1.54) is 13.2 Å². The number of carboxylic acids is 1. The van der Waals surface area contributed by atoms with Crippen LogP contribution in [0.1, 0.15) is 11.1 Å². The van der Waals surface area contributed by atoms with E-state index in [0.717, 1.165) is 11.3 Å². The second kappa shape index (κ2) is 10.4. The zero-order chi connectivity index (χ0) is 20.4. The van der Waals surface area contributed by atoms with Crippen molar-refractivity contribution in [3.8, 4) is 23.3 Å². The Hall–Kier alpha value is -3.72. The first kappa shape index (κ1) is 20.6. The number of allylic oxidation sites excluding steroid dienone is 1. The van der Waals surface area contributed by atoms with Gasteiger partial charge in [-0.2, -0.15) is 5.26 Å². The van der Waals surface area contributed by atoms with Crippen molar-refractivity contribution in [2.24, 2.45) is 0 Å². The third kappa shape index (κ3) is 5.39. The summed E-state index contributed by atoms with van der Waals surface area (Å²) in [4.78, 5) is 11.1. The Bertz CT molecular complexity index is 911. The van der Waals surface area contributed by atoms with E-state index < -0.39 is 11.5 Å². The first-order valence-corrected chi connectivity index (χ1v) is 8.57. The molecule has 6 nitrogen and oxygen atoms in total. The van der Waals surface area contributed by atoms with Crippen LogP contribution in [-0.4, -0.2) is 31.4 Å². The van der Waals surface area contributed by atoms with Crippen LogP contribution in [0.15, 0.2) is 60.7 Å². The zero-order valence-electron chi connectivity index (χ0n) is 15.6. The maximum atomic E-state index is 11.1. The molecule has 0 heterocycles. The Morgan fingerprint density at radius 2 is 1.86 bits per heavy atom. The topological polar surface area (TPSA) is 88.8 Å². The summed E-state index contributed by atoms with van der Waals surface area (Å²) >= 11 is 0. The molecule has 2 rings (SSSR count). The molecule has 0 aromatic heterocycles. The highest BCUT2D eigenvalue weighted by molar-refractivity contribution is 5.97. The quantitative estimate of drug-likeness (QED) is 0.292. The number of para-hydroxylation sites is 2. The van der Waals surface area contributed by atoms with E-state index in [1.54, 1.807) is 30.3 Å². The maximum Gasteiger partial charge on any atom is 0.346 e. The highest BCUT2D eigenvalue weighted by Gasteiger charge is 2.13. The normalized spacial score (nSPS) is 10.6. The first-order chi connectivity index (χ1) is 13.6. The fourth-order valence-corrected chi connectivity index (χ4v) is 2.52. The highest BCUT2D eigenvalue weighted by atomic mass is 16.5. The minimum Gasteiger partial charge on any atom is -0.493 e. The number of nitriles is 1. The third-order valence-electron chi connectivity index (χ3n) is 3.80. The second-order valence-corrected chi connectivity index (χ2v) is 5.65. The number of carbonyl (C=O) groups is 1. The van der Waals surface area contributed by atoms with Gasteiger partial charge in [-0.15, -0.1) is 6.58 Å². The SMILES string of the molecule is C=CCc1ccccc1OCCOc1c(C=C(C#N)C(=O)O)cccc1OC. The van der Waals surface area contributed by atoms with Crippen LogP contribution in [0.2, 0.25) is 0 Å². The summed E-state index contributed by atoms with van der Waals surface area (Å²) < 4.78 is 16.9. The van der Waals surface area contributed by atoms with Gasteiger partial charge in [0.2, 0.25) is 0 Å². The fraction of sp³-hybridized carbons (Fsp3) is 0.182. The molecule has 1 N–H and O–H groups in total. The van der Waals surface area contributed by atoms with Gasteiger partial charge in [-0.25, -0.2) is 4.79 Å². The van der Waals surface area contributed by atoms with E-state index in [0.29, 0.717) is 23.5 Å². The summed E-state index contributed by atoms with van der Waals surface area (Å²) in [6, 6.07) is 14.4. The summed E-state index contributed by atoms with van der Waals surface area (Å²) in [5.74, 6) is 0.229. The van der Waals surface area contributed by atoms with Gasteiger partial charge >= 0.3 is 5.97 Å². The number of hydrogen-bond donors (Lipinski definition) is 1. The number of ether oxygens (including phenoxy) is 3. The van der Waals surface area contributed by atoms with E-state index in [2.05, 4.69) is 6.58 Å². The molecule has 0 amide bonds. The number of nitrogens with zero attached hydrogens (tertiary/aromatic N) is 1. The molecule has 0 unspecified atom stereocenters. The summed E-state index contributed by atoms with van der Waals surface area (Å²) in [5.41, 5.74) is 1.07. The number of methoxy groups -OCH3 is 1. The number of carboxylic acid groups (broad SMARTS) is 1. The van der Waals surface area contributed by atoms with Gasteiger partial charge in [-0.3, -0.25) is 0 Å². The molecule has 0 saturated heterocycles. The molecule has 0 atom stereocenters. The molecule has 0 spiro atoms. The van der Waals surface area contributed by atoms with Gasteiger partial charge in [0.25, 0.3) is 0 Å². The molecule has 0 aliphatic carbocycles. The van der Waals surface area contributed by atoms with Gasteiger partial charge in [-0.05, 0) is 30.2 Å². The Morgan fingerprint density at radius 3 is 2.54 bits per heavy atom. The molecule has 0 radical (unpaired) electrons. The molecular weight excluding hydrogens is 358 g/mol. The van der Waals surface area contributed by atoms with Crippen molar-refractivity contribution in [3.63, 3.8) is 0 Å². The summed E-state index contributed by atoms with van der Waals surface area (Å²) in [5, 5.41) is 18.1. The van der Waals surface area contributed by atoms with E-state index >= 15 is 0 Å². The van der Waals surface area contributed by atoms with Crippen LogP contribution in [0, 0.1) is 11.3 Å². The predicted molar refractivity (Wildman–Crippen MR) is 106 cm³/mol. The van der Waals surface area contributed by atoms with E-state index in [-0.39, 0.29) is 13.2 Å². The van der Waals surface area contributed by atoms with Crippen LogP contribution in [0.5, 0.6) is 17.2 Å². The third-order valence-corrected chi connectivity index (χ3v) is 3.80. The van der Waals surface area contributed by atoms with Crippen molar-refractivity contribution in [2.75, 3.05) is 20.3 Å². The number of rotatable bonds is 10. The number of aliphatic carboxylic acids is 1. The average Bonchev–Trinajstić information content (AvgIpc) is 2.70. The standard InChI is InChI=1S/C22H21NO5/c1-3-7-16-8-4-5-10-19(16)27-12-13-28-21-17(9-6-11-20(21)26-2)14-18(15-23)22(24)25/h3-6,8-11,14H,1,7,12-13H2,2H3,(H,24,25). The summed E-state index contributed by atoms with van der Waals surface area (Å²) in [7, 11) is 1.49. The maximum absolute atomic E-state index is 11.1. The van der Waals surface area contributed by atoms with Crippen LogP contribution >= 0.6 is 0 Å². The molecule has 0 aliphatic rings. The molecule has 144 valence electrons. The minimum absolute atomic E-state index is 0.207. The van der Waals surface area contributed by atoms with Crippen molar-refractivity contribution in [2.45, 2.75) is 6.42 Å². The molecule has 2 aromatic rings. The number of benzene rings is 2. The highest BCUT2D eigenvalue weighted by Crippen LogP contribution is 2.32. The van der Waals surface area contributed by atoms with Crippen molar-refractivity contribution < 1.29 is 24.1 Å². The molecule has 28 heavy (non-hydrogen) atoms. The molecule has 0 aliphatic heterocycles. The Balaban J connectivity index is 2.13. The van der Waals surface area contributed by atoms with Crippen LogP contribution in [0.25, 0.3) is 6.08 Å². The van der Waals surface area contributed by atoms with Crippen molar-refractivity contribution in [1.29, 1.82) is 5.26 Å². The van der Waals surface area contributed by atoms with Gasteiger partial charge in [0.05, 0.1) is 7.11 Å². The lowest BCUT2D eigenvalue weighted by Gasteiger charge is -2.15. The van der Waals surface area contributed by atoms with Crippen molar-refractivity contribution in [1.82, 2.24) is 0 Å². The number of hydrogen-bond acceptors (Lipinski definition) is 5. The van der Waals surface area contributed by atoms with Crippen LogP contribution in [0.3, 0.4) is 0 Å². The van der Waals surface area contributed by atoms with Gasteiger partial charge in [-0.1, -0.05) is 36.4 Å². The van der Waals surface area contributed by atoms with Crippen LogP contribution in [0.4, 0.5) is 0 Å². The van der Waals surface area contributed by atoms with Crippen LogP contribution in [-0.2, 0) is 11.2 Å².